The quantitative estimate of drug-likeness (QED) is 0.802. The first-order chi connectivity index (χ1) is 12.9. The molecule has 2 saturated heterocycles. The molecule has 1 aromatic carbocycles. The van der Waals surface area contributed by atoms with Crippen LogP contribution in [-0.2, 0) is 19.6 Å². The monoisotopic (exact) mass is 395 g/mol. The molecule has 2 fully saturated rings. The molecule has 0 aliphatic carbocycles. The first kappa shape index (κ1) is 19.8. The number of carbonyl (C=O) groups excluding carboxylic acids is 2. The van der Waals surface area contributed by atoms with Gasteiger partial charge in [0.1, 0.15) is 0 Å². The van der Waals surface area contributed by atoms with Gasteiger partial charge in [0.05, 0.1) is 18.0 Å². The number of carbonyl (C=O) groups is 2. The van der Waals surface area contributed by atoms with Crippen molar-refractivity contribution in [1.82, 2.24) is 9.21 Å². The topological polar surface area (TPSA) is 110 Å². The van der Waals surface area contributed by atoms with E-state index in [9.17, 15) is 18.0 Å². The highest BCUT2D eigenvalue weighted by molar-refractivity contribution is 7.89. The van der Waals surface area contributed by atoms with Crippen LogP contribution in [0.3, 0.4) is 0 Å². The Balaban J connectivity index is 1.80. The molecule has 2 aliphatic rings. The van der Waals surface area contributed by atoms with E-state index >= 15 is 0 Å². The molecule has 0 spiro atoms. The Kier molecular flexibility index (Phi) is 6.13. The Morgan fingerprint density at radius 1 is 1.07 bits per heavy atom. The highest BCUT2D eigenvalue weighted by Crippen LogP contribution is 2.22. The van der Waals surface area contributed by atoms with Crippen molar-refractivity contribution >= 4 is 21.8 Å². The fourth-order valence-corrected chi connectivity index (χ4v) is 4.97. The maximum atomic E-state index is 13.0. The highest BCUT2D eigenvalue weighted by Gasteiger charge is 2.30. The van der Waals surface area contributed by atoms with Crippen LogP contribution in [0, 0.1) is 0 Å². The average Bonchev–Trinajstić information content (AvgIpc) is 2.97. The van der Waals surface area contributed by atoms with Crippen LogP contribution in [0.4, 0.5) is 0 Å². The van der Waals surface area contributed by atoms with Gasteiger partial charge in [-0.15, -0.1) is 0 Å². The molecular formula is C18H25N3O5S. The third-order valence-corrected chi connectivity index (χ3v) is 6.85. The van der Waals surface area contributed by atoms with E-state index in [1.54, 1.807) is 12.1 Å². The second-order valence-electron chi connectivity index (χ2n) is 6.86. The molecule has 2 amide bonds. The number of nitrogens with two attached hydrogens (primary N) is 1. The average molecular weight is 395 g/mol. The number of primary amides is 1. The normalized spacial score (nSPS) is 22.2. The number of ether oxygens (including phenoxy) is 1. The number of sulfonamides is 1. The zero-order valence-corrected chi connectivity index (χ0v) is 16.0. The Labute approximate surface area is 159 Å². The third kappa shape index (κ3) is 4.48. The zero-order valence-electron chi connectivity index (χ0n) is 15.2. The first-order valence-corrected chi connectivity index (χ1v) is 10.6. The fourth-order valence-electron chi connectivity index (χ4n) is 3.41. The summed E-state index contributed by atoms with van der Waals surface area (Å²) in [7, 11) is -3.63. The lowest BCUT2D eigenvalue weighted by atomic mass is 10.1. The van der Waals surface area contributed by atoms with Gasteiger partial charge in [-0.3, -0.25) is 9.59 Å². The maximum absolute atomic E-state index is 13.0. The molecule has 8 nitrogen and oxygen atoms in total. The van der Waals surface area contributed by atoms with Crippen molar-refractivity contribution in [3.05, 3.63) is 29.8 Å². The second-order valence-corrected chi connectivity index (χ2v) is 8.80. The van der Waals surface area contributed by atoms with E-state index in [-0.39, 0.29) is 29.5 Å². The molecule has 1 aromatic rings. The van der Waals surface area contributed by atoms with Crippen LogP contribution in [0.1, 0.15) is 36.0 Å². The number of rotatable bonds is 4. The first-order valence-electron chi connectivity index (χ1n) is 9.20. The van der Waals surface area contributed by atoms with E-state index < -0.39 is 22.0 Å². The number of amides is 2. The Bertz CT molecular complexity index is 803. The maximum Gasteiger partial charge on any atom is 0.254 e. The van der Waals surface area contributed by atoms with Crippen molar-refractivity contribution in [2.75, 3.05) is 32.8 Å². The van der Waals surface area contributed by atoms with E-state index in [1.165, 1.54) is 21.3 Å². The molecule has 2 N–H and O–H groups in total. The summed E-state index contributed by atoms with van der Waals surface area (Å²) in [5.41, 5.74) is 5.53. The van der Waals surface area contributed by atoms with Gasteiger partial charge in [0.2, 0.25) is 15.9 Å². The van der Waals surface area contributed by atoms with E-state index in [2.05, 4.69) is 0 Å². The molecular weight excluding hydrogens is 370 g/mol. The van der Waals surface area contributed by atoms with Crippen molar-refractivity contribution < 1.29 is 22.7 Å². The molecule has 0 saturated carbocycles. The summed E-state index contributed by atoms with van der Waals surface area (Å²) in [4.78, 5) is 25.7. The Morgan fingerprint density at radius 3 is 2.44 bits per heavy atom. The summed E-state index contributed by atoms with van der Waals surface area (Å²) in [5, 5.41) is 0. The van der Waals surface area contributed by atoms with Crippen molar-refractivity contribution in [1.29, 1.82) is 0 Å². The minimum absolute atomic E-state index is 0.0667. The summed E-state index contributed by atoms with van der Waals surface area (Å²) in [6.07, 6.45) is 2.91. The Morgan fingerprint density at radius 2 is 1.78 bits per heavy atom. The lowest BCUT2D eigenvalue weighted by Crippen LogP contribution is -2.50. The molecule has 1 unspecified atom stereocenters. The van der Waals surface area contributed by atoms with Crippen LogP contribution in [-0.4, -0.2) is 68.3 Å². The number of nitrogens with zero attached hydrogens (tertiary/aromatic N) is 2. The second kappa shape index (κ2) is 8.37. The van der Waals surface area contributed by atoms with Gasteiger partial charge < -0.3 is 15.4 Å². The van der Waals surface area contributed by atoms with Crippen LogP contribution in [0.5, 0.6) is 0 Å². The molecule has 0 aromatic heterocycles. The van der Waals surface area contributed by atoms with Crippen LogP contribution in [0.2, 0.25) is 0 Å². The van der Waals surface area contributed by atoms with Crippen molar-refractivity contribution in [3.8, 4) is 0 Å². The van der Waals surface area contributed by atoms with Gasteiger partial charge in [0.25, 0.3) is 5.91 Å². The van der Waals surface area contributed by atoms with Gasteiger partial charge in [-0.05, 0) is 31.0 Å². The Hall–Kier alpha value is -1.97. The van der Waals surface area contributed by atoms with Crippen LogP contribution >= 0.6 is 0 Å². The van der Waals surface area contributed by atoms with Crippen LogP contribution in [0.25, 0.3) is 0 Å². The lowest BCUT2D eigenvalue weighted by molar-refractivity contribution is -0.133. The van der Waals surface area contributed by atoms with Gasteiger partial charge in [-0.25, -0.2) is 8.42 Å². The van der Waals surface area contributed by atoms with Gasteiger partial charge in [0.15, 0.2) is 6.10 Å². The third-order valence-electron chi connectivity index (χ3n) is 4.95. The molecule has 2 heterocycles. The van der Waals surface area contributed by atoms with Gasteiger partial charge in [-0.2, -0.15) is 4.31 Å². The van der Waals surface area contributed by atoms with Crippen molar-refractivity contribution in [3.63, 3.8) is 0 Å². The predicted molar refractivity (Wildman–Crippen MR) is 98.5 cm³/mol. The van der Waals surface area contributed by atoms with Crippen LogP contribution in [0.15, 0.2) is 29.2 Å². The molecule has 9 heteroatoms. The summed E-state index contributed by atoms with van der Waals surface area (Å²) < 4.78 is 32.7. The molecule has 2 aliphatic heterocycles. The number of morpholine rings is 1. The fraction of sp³-hybridized carbons (Fsp3) is 0.556. The highest BCUT2D eigenvalue weighted by atomic mass is 32.2. The van der Waals surface area contributed by atoms with Crippen LogP contribution < -0.4 is 5.73 Å². The largest absolute Gasteiger partial charge is 0.367 e. The van der Waals surface area contributed by atoms with Gasteiger partial charge in [-0.1, -0.05) is 18.9 Å². The van der Waals surface area contributed by atoms with E-state index in [4.69, 9.17) is 10.5 Å². The summed E-state index contributed by atoms with van der Waals surface area (Å²) in [6, 6.07) is 6.09. The summed E-state index contributed by atoms with van der Waals surface area (Å²) in [5.74, 6) is -0.956. The molecule has 3 rings (SSSR count). The number of hydrogen-bond acceptors (Lipinski definition) is 5. The van der Waals surface area contributed by atoms with Crippen molar-refractivity contribution in [2.45, 2.75) is 36.7 Å². The van der Waals surface area contributed by atoms with E-state index in [0.717, 1.165) is 25.7 Å². The minimum Gasteiger partial charge on any atom is -0.367 e. The van der Waals surface area contributed by atoms with Crippen molar-refractivity contribution in [2.24, 2.45) is 5.73 Å². The number of benzene rings is 1. The smallest absolute Gasteiger partial charge is 0.254 e. The van der Waals surface area contributed by atoms with E-state index in [0.29, 0.717) is 19.6 Å². The minimum atomic E-state index is -3.63. The molecule has 0 radical (unpaired) electrons. The van der Waals surface area contributed by atoms with E-state index in [1.807, 2.05) is 0 Å². The van der Waals surface area contributed by atoms with Gasteiger partial charge in [0, 0.05) is 25.2 Å². The predicted octanol–water partition coefficient (Wildman–Crippen LogP) is 0.578. The molecule has 27 heavy (non-hydrogen) atoms. The van der Waals surface area contributed by atoms with Gasteiger partial charge >= 0.3 is 0 Å². The molecule has 0 bridgehead atoms. The lowest BCUT2D eigenvalue weighted by Gasteiger charge is -2.31. The standard InChI is InChI=1S/C18H25N3O5S/c19-17(22)16-13-20(10-11-26-16)18(23)14-6-5-7-15(12-14)27(24,25)21-8-3-1-2-4-9-21/h5-7,12,16H,1-4,8-11,13H2,(H2,19,22). The number of hydrogen-bond donors (Lipinski definition) is 1. The molecule has 1 atom stereocenters. The molecule has 148 valence electrons. The SMILES string of the molecule is NC(=O)C1CN(C(=O)c2cccc(S(=O)(=O)N3CCCCCC3)c2)CCO1. The zero-order chi connectivity index (χ0) is 19.4. The summed E-state index contributed by atoms with van der Waals surface area (Å²) in [6.45, 7) is 1.61. The summed E-state index contributed by atoms with van der Waals surface area (Å²) >= 11 is 0.